The SMILES string of the molecule is CCCN(Cc1cc([N+](=O)[O-])cc2c1OCOC2)S(=O)(=O)c1cccc(C(F)(F)F)c1. The fraction of sp³-hybridized carbons (Fsp3) is 0.368. The molecule has 0 aromatic heterocycles. The molecular weight excluding hydrogens is 441 g/mol. The molecule has 2 aromatic rings. The molecule has 0 aliphatic carbocycles. The van der Waals surface area contributed by atoms with E-state index in [1.807, 2.05) is 0 Å². The molecule has 0 saturated carbocycles. The van der Waals surface area contributed by atoms with Crippen LogP contribution >= 0.6 is 0 Å². The Morgan fingerprint density at radius 3 is 2.61 bits per heavy atom. The van der Waals surface area contributed by atoms with Crippen LogP contribution < -0.4 is 4.74 Å². The molecule has 0 unspecified atom stereocenters. The van der Waals surface area contributed by atoms with E-state index < -0.39 is 31.6 Å². The fourth-order valence-corrected chi connectivity index (χ4v) is 4.77. The van der Waals surface area contributed by atoms with E-state index in [9.17, 15) is 31.7 Å². The number of hydrogen-bond donors (Lipinski definition) is 0. The summed E-state index contributed by atoms with van der Waals surface area (Å²) in [6, 6.07) is 5.95. The van der Waals surface area contributed by atoms with Crippen LogP contribution in [0.5, 0.6) is 5.75 Å². The Bertz CT molecular complexity index is 1090. The van der Waals surface area contributed by atoms with Crippen LogP contribution in [0.4, 0.5) is 18.9 Å². The molecule has 0 atom stereocenters. The second kappa shape index (κ2) is 8.81. The lowest BCUT2D eigenvalue weighted by Gasteiger charge is -2.25. The van der Waals surface area contributed by atoms with Crippen molar-refractivity contribution in [3.63, 3.8) is 0 Å². The zero-order valence-electron chi connectivity index (χ0n) is 16.4. The van der Waals surface area contributed by atoms with Gasteiger partial charge in [0.2, 0.25) is 10.0 Å². The van der Waals surface area contributed by atoms with Crippen molar-refractivity contribution < 1.29 is 36.0 Å². The summed E-state index contributed by atoms with van der Waals surface area (Å²) in [7, 11) is -4.33. The van der Waals surface area contributed by atoms with Crippen molar-refractivity contribution in [2.24, 2.45) is 0 Å². The summed E-state index contributed by atoms with van der Waals surface area (Å²) in [6.07, 6.45) is -4.33. The van der Waals surface area contributed by atoms with E-state index in [0.717, 1.165) is 22.5 Å². The Hall–Kier alpha value is -2.70. The van der Waals surface area contributed by atoms with E-state index in [1.54, 1.807) is 6.92 Å². The highest BCUT2D eigenvalue weighted by atomic mass is 32.2. The summed E-state index contributed by atoms with van der Waals surface area (Å²) < 4.78 is 77.0. The van der Waals surface area contributed by atoms with Gasteiger partial charge in [-0.1, -0.05) is 13.0 Å². The van der Waals surface area contributed by atoms with Gasteiger partial charge in [-0.25, -0.2) is 8.42 Å². The first-order chi connectivity index (χ1) is 14.5. The first kappa shape index (κ1) is 23.0. The predicted molar refractivity (Wildman–Crippen MR) is 103 cm³/mol. The van der Waals surface area contributed by atoms with Crippen molar-refractivity contribution in [1.82, 2.24) is 4.31 Å². The summed E-state index contributed by atoms with van der Waals surface area (Å²) in [6.45, 7) is 1.34. The van der Waals surface area contributed by atoms with E-state index >= 15 is 0 Å². The van der Waals surface area contributed by atoms with Crippen molar-refractivity contribution in [1.29, 1.82) is 0 Å². The molecule has 1 aliphatic heterocycles. The molecule has 0 fully saturated rings. The molecule has 31 heavy (non-hydrogen) atoms. The molecule has 3 rings (SSSR count). The van der Waals surface area contributed by atoms with Gasteiger partial charge in [-0.3, -0.25) is 10.1 Å². The molecule has 1 heterocycles. The van der Waals surface area contributed by atoms with Crippen LogP contribution in [0.2, 0.25) is 0 Å². The molecule has 0 bridgehead atoms. The van der Waals surface area contributed by atoms with Crippen molar-refractivity contribution in [2.75, 3.05) is 13.3 Å². The van der Waals surface area contributed by atoms with Crippen molar-refractivity contribution in [3.05, 3.63) is 63.2 Å². The van der Waals surface area contributed by atoms with Gasteiger partial charge in [-0.05, 0) is 24.6 Å². The number of nitrogens with zero attached hydrogens (tertiary/aromatic N) is 2. The molecule has 168 valence electrons. The largest absolute Gasteiger partial charge is 0.467 e. The molecule has 0 saturated heterocycles. The first-order valence-corrected chi connectivity index (χ1v) is 10.7. The average Bonchev–Trinajstić information content (AvgIpc) is 2.72. The molecule has 12 heteroatoms. The lowest BCUT2D eigenvalue weighted by molar-refractivity contribution is -0.385. The Kier molecular flexibility index (Phi) is 6.53. The summed E-state index contributed by atoms with van der Waals surface area (Å²) in [4.78, 5) is 10.2. The number of non-ortho nitro benzene ring substituents is 1. The summed E-state index contributed by atoms with van der Waals surface area (Å²) >= 11 is 0. The number of hydrogen-bond acceptors (Lipinski definition) is 6. The molecule has 1 aliphatic rings. The lowest BCUT2D eigenvalue weighted by atomic mass is 10.1. The Labute approximate surface area is 176 Å². The van der Waals surface area contributed by atoms with Crippen molar-refractivity contribution >= 4 is 15.7 Å². The van der Waals surface area contributed by atoms with Crippen LogP contribution in [0.15, 0.2) is 41.3 Å². The fourth-order valence-electron chi connectivity index (χ4n) is 3.21. The number of nitro benzene ring substituents is 1. The minimum absolute atomic E-state index is 0.00740. The highest BCUT2D eigenvalue weighted by molar-refractivity contribution is 7.89. The van der Waals surface area contributed by atoms with Crippen molar-refractivity contribution in [2.45, 2.75) is 37.6 Å². The number of halogens is 3. The Balaban J connectivity index is 2.04. The normalized spacial score (nSPS) is 14.2. The van der Waals surface area contributed by atoms with Crippen LogP contribution in [0, 0.1) is 10.1 Å². The third-order valence-electron chi connectivity index (χ3n) is 4.60. The van der Waals surface area contributed by atoms with Crippen LogP contribution in [0.3, 0.4) is 0 Å². The van der Waals surface area contributed by atoms with Gasteiger partial charge >= 0.3 is 6.18 Å². The zero-order valence-corrected chi connectivity index (χ0v) is 17.2. The van der Waals surface area contributed by atoms with Gasteiger partial charge < -0.3 is 9.47 Å². The second-order valence-electron chi connectivity index (χ2n) is 6.83. The molecule has 0 spiro atoms. The highest BCUT2D eigenvalue weighted by Crippen LogP contribution is 2.35. The lowest BCUT2D eigenvalue weighted by Crippen LogP contribution is -2.32. The molecule has 0 N–H and O–H groups in total. The maximum Gasteiger partial charge on any atom is 0.416 e. The molecular formula is C19H19F3N2O6S. The summed E-state index contributed by atoms with van der Waals surface area (Å²) in [5, 5.41) is 11.3. The van der Waals surface area contributed by atoms with Crippen LogP contribution in [0.1, 0.15) is 30.0 Å². The van der Waals surface area contributed by atoms with Crippen LogP contribution in [-0.4, -0.2) is 31.0 Å². The Morgan fingerprint density at radius 2 is 1.97 bits per heavy atom. The van der Waals surface area contributed by atoms with Gasteiger partial charge in [0.15, 0.2) is 6.79 Å². The number of alkyl halides is 3. The van der Waals surface area contributed by atoms with Gasteiger partial charge in [-0.2, -0.15) is 17.5 Å². The van der Waals surface area contributed by atoms with Gasteiger partial charge in [0.1, 0.15) is 5.75 Å². The maximum atomic E-state index is 13.2. The topological polar surface area (TPSA) is 99.0 Å². The average molecular weight is 460 g/mol. The van der Waals surface area contributed by atoms with E-state index in [0.29, 0.717) is 18.1 Å². The first-order valence-electron chi connectivity index (χ1n) is 9.22. The summed E-state index contributed by atoms with van der Waals surface area (Å²) in [5.41, 5.74) is -0.728. The minimum Gasteiger partial charge on any atom is -0.467 e. The summed E-state index contributed by atoms with van der Waals surface area (Å²) in [5.74, 6) is 0.275. The third-order valence-corrected chi connectivity index (χ3v) is 6.44. The number of benzene rings is 2. The van der Waals surface area contributed by atoms with Gasteiger partial charge in [0, 0.05) is 36.3 Å². The number of nitro groups is 1. The minimum atomic E-state index is -4.70. The monoisotopic (exact) mass is 460 g/mol. The number of sulfonamides is 1. The van der Waals surface area contributed by atoms with E-state index in [1.165, 1.54) is 12.1 Å². The van der Waals surface area contributed by atoms with E-state index in [2.05, 4.69) is 0 Å². The highest BCUT2D eigenvalue weighted by Gasteiger charge is 2.33. The van der Waals surface area contributed by atoms with Gasteiger partial charge in [-0.15, -0.1) is 0 Å². The maximum absolute atomic E-state index is 13.2. The van der Waals surface area contributed by atoms with Gasteiger partial charge in [0.25, 0.3) is 5.69 Å². The second-order valence-corrected chi connectivity index (χ2v) is 8.76. The van der Waals surface area contributed by atoms with Crippen LogP contribution in [0.25, 0.3) is 0 Å². The predicted octanol–water partition coefficient (Wildman–Crippen LogP) is 4.08. The quantitative estimate of drug-likeness (QED) is 0.456. The number of fused-ring (bicyclic) bond motifs is 1. The third kappa shape index (κ3) is 4.97. The zero-order chi connectivity index (χ0) is 22.8. The van der Waals surface area contributed by atoms with E-state index in [-0.39, 0.29) is 43.5 Å². The molecule has 0 radical (unpaired) electrons. The molecule has 0 amide bonds. The van der Waals surface area contributed by atoms with E-state index in [4.69, 9.17) is 9.47 Å². The smallest absolute Gasteiger partial charge is 0.416 e. The number of rotatable bonds is 7. The van der Waals surface area contributed by atoms with Gasteiger partial charge in [0.05, 0.1) is 22.0 Å². The molecule has 8 nitrogen and oxygen atoms in total. The van der Waals surface area contributed by atoms with Crippen molar-refractivity contribution in [3.8, 4) is 5.75 Å². The standard InChI is InChI=1S/C19H19F3N2O6S/c1-2-6-23(31(27,28)17-5-3-4-15(9-17)19(20,21)22)10-13-7-16(24(25)26)8-14-11-29-12-30-18(13)14/h3-5,7-9H,2,6,10-12H2,1H3. The Morgan fingerprint density at radius 1 is 1.23 bits per heavy atom. The number of ether oxygens (including phenoxy) is 2. The molecule has 2 aromatic carbocycles. The van der Waals surface area contributed by atoms with Crippen LogP contribution in [-0.2, 0) is 34.1 Å².